The second-order valence-electron chi connectivity index (χ2n) is 6.96. The van der Waals surface area contributed by atoms with Crippen molar-refractivity contribution in [1.82, 2.24) is 14.3 Å². The van der Waals surface area contributed by atoms with Crippen LogP contribution in [0, 0.1) is 0 Å². The zero-order chi connectivity index (χ0) is 19.7. The molecule has 0 spiro atoms. The quantitative estimate of drug-likeness (QED) is 0.565. The third-order valence-corrected chi connectivity index (χ3v) is 6.38. The smallest absolute Gasteiger partial charge is 0.267 e. The highest BCUT2D eigenvalue weighted by molar-refractivity contribution is 8.26. The van der Waals surface area contributed by atoms with E-state index in [9.17, 15) is 9.59 Å². The number of carbonyl (C=O) groups excluding carboxylic acids is 1. The maximum Gasteiger partial charge on any atom is 0.267 e. The molecule has 146 valence electrons. The van der Waals surface area contributed by atoms with E-state index in [2.05, 4.69) is 4.90 Å². The minimum absolute atomic E-state index is 0.126. The van der Waals surface area contributed by atoms with Crippen LogP contribution in [-0.2, 0) is 4.79 Å². The van der Waals surface area contributed by atoms with Gasteiger partial charge in [0.1, 0.15) is 15.8 Å². The fourth-order valence-corrected chi connectivity index (χ4v) is 4.90. The molecule has 28 heavy (non-hydrogen) atoms. The summed E-state index contributed by atoms with van der Waals surface area (Å²) >= 11 is 6.62. The van der Waals surface area contributed by atoms with Gasteiger partial charge in [-0.2, -0.15) is 0 Å². The summed E-state index contributed by atoms with van der Waals surface area (Å²) in [5.74, 6) is 0.538. The molecule has 2 aromatic heterocycles. The fraction of sp³-hybridized carbons (Fsp3) is 0.400. The Morgan fingerprint density at radius 3 is 2.75 bits per heavy atom. The molecule has 2 aliphatic heterocycles. The van der Waals surface area contributed by atoms with E-state index in [4.69, 9.17) is 17.2 Å². The Kier molecular flexibility index (Phi) is 5.50. The minimum atomic E-state index is -0.160. The molecule has 2 aromatic rings. The lowest BCUT2D eigenvalue weighted by atomic mass is 10.1. The third-order valence-electron chi connectivity index (χ3n) is 5.00. The number of hydrogen-bond acceptors (Lipinski definition) is 6. The molecule has 6 nitrogen and oxygen atoms in total. The molecule has 0 unspecified atom stereocenters. The highest BCUT2D eigenvalue weighted by Crippen LogP contribution is 2.33. The van der Waals surface area contributed by atoms with Crippen LogP contribution in [0.2, 0.25) is 0 Å². The molecule has 0 radical (unpaired) electrons. The standard InChI is InChI=1S/C20H22N4O2S2/c1-2-9-24-19(26)15(28-20(24)27)13-14-17(22-10-5-3-6-11-22)21-16-8-4-7-12-23(16)18(14)25/h4,7-8,12-13H,2-3,5-6,9-11H2,1H3/b15-13-. The van der Waals surface area contributed by atoms with Crippen molar-refractivity contribution in [3.05, 3.63) is 45.2 Å². The lowest BCUT2D eigenvalue weighted by molar-refractivity contribution is -0.122. The first kappa shape index (κ1) is 19.1. The fourth-order valence-electron chi connectivity index (χ4n) is 3.61. The summed E-state index contributed by atoms with van der Waals surface area (Å²) in [6.45, 7) is 4.34. The molecular formula is C20H22N4O2S2. The van der Waals surface area contributed by atoms with Gasteiger partial charge in [-0.05, 0) is 43.9 Å². The van der Waals surface area contributed by atoms with Crippen molar-refractivity contribution in [2.75, 3.05) is 24.5 Å². The molecule has 0 aliphatic carbocycles. The van der Waals surface area contributed by atoms with Gasteiger partial charge in [0, 0.05) is 25.8 Å². The van der Waals surface area contributed by atoms with Crippen LogP contribution in [0.5, 0.6) is 0 Å². The van der Waals surface area contributed by atoms with Gasteiger partial charge in [0.05, 0.1) is 10.5 Å². The summed E-state index contributed by atoms with van der Waals surface area (Å²) < 4.78 is 2.08. The summed E-state index contributed by atoms with van der Waals surface area (Å²) in [6.07, 6.45) is 7.58. The van der Waals surface area contributed by atoms with Crippen molar-refractivity contribution in [2.45, 2.75) is 32.6 Å². The minimum Gasteiger partial charge on any atom is -0.356 e. The predicted molar refractivity (Wildman–Crippen MR) is 118 cm³/mol. The Morgan fingerprint density at radius 2 is 2.00 bits per heavy atom. The van der Waals surface area contributed by atoms with E-state index in [0.29, 0.717) is 32.8 Å². The van der Waals surface area contributed by atoms with Crippen molar-refractivity contribution in [3.63, 3.8) is 0 Å². The number of carbonyl (C=O) groups is 1. The summed E-state index contributed by atoms with van der Waals surface area (Å²) in [5.41, 5.74) is 0.915. The Bertz CT molecular complexity index is 1020. The number of piperidine rings is 1. The number of pyridine rings is 1. The predicted octanol–water partition coefficient (Wildman–Crippen LogP) is 3.30. The van der Waals surface area contributed by atoms with E-state index < -0.39 is 0 Å². The van der Waals surface area contributed by atoms with Crippen LogP contribution in [0.15, 0.2) is 34.1 Å². The van der Waals surface area contributed by atoms with Gasteiger partial charge in [-0.15, -0.1) is 0 Å². The van der Waals surface area contributed by atoms with Crippen molar-refractivity contribution in [1.29, 1.82) is 0 Å². The van der Waals surface area contributed by atoms with Gasteiger partial charge in [-0.1, -0.05) is 37.0 Å². The van der Waals surface area contributed by atoms with Crippen LogP contribution in [0.25, 0.3) is 11.7 Å². The SMILES string of the molecule is CCCN1C(=O)/C(=C/c2c(N3CCCCC3)nc3ccccn3c2=O)SC1=S. The van der Waals surface area contributed by atoms with Gasteiger partial charge in [0.15, 0.2) is 0 Å². The van der Waals surface area contributed by atoms with Crippen LogP contribution >= 0.6 is 24.0 Å². The van der Waals surface area contributed by atoms with Gasteiger partial charge in [0.25, 0.3) is 11.5 Å². The van der Waals surface area contributed by atoms with Gasteiger partial charge in [-0.3, -0.25) is 18.9 Å². The average Bonchev–Trinajstić information content (AvgIpc) is 2.98. The molecule has 0 aromatic carbocycles. The molecule has 8 heteroatoms. The van der Waals surface area contributed by atoms with Crippen molar-refractivity contribution < 1.29 is 4.79 Å². The van der Waals surface area contributed by atoms with Crippen molar-refractivity contribution in [3.8, 4) is 0 Å². The number of rotatable bonds is 4. The third kappa shape index (κ3) is 3.46. The largest absolute Gasteiger partial charge is 0.356 e. The molecule has 0 atom stereocenters. The maximum absolute atomic E-state index is 13.3. The monoisotopic (exact) mass is 414 g/mol. The topological polar surface area (TPSA) is 57.9 Å². The van der Waals surface area contributed by atoms with Crippen LogP contribution < -0.4 is 10.5 Å². The average molecular weight is 415 g/mol. The van der Waals surface area contributed by atoms with E-state index >= 15 is 0 Å². The first-order chi connectivity index (χ1) is 13.6. The number of aromatic nitrogens is 2. The molecule has 0 N–H and O–H groups in total. The van der Waals surface area contributed by atoms with Gasteiger partial charge in [0.2, 0.25) is 0 Å². The van der Waals surface area contributed by atoms with E-state index in [1.54, 1.807) is 23.2 Å². The lowest BCUT2D eigenvalue weighted by Crippen LogP contribution is -2.33. The summed E-state index contributed by atoms with van der Waals surface area (Å²) in [7, 11) is 0. The Morgan fingerprint density at radius 1 is 1.21 bits per heavy atom. The zero-order valence-corrected chi connectivity index (χ0v) is 17.4. The number of anilines is 1. The summed E-state index contributed by atoms with van der Waals surface area (Å²) in [6, 6.07) is 5.51. The van der Waals surface area contributed by atoms with Crippen LogP contribution in [0.4, 0.5) is 5.82 Å². The van der Waals surface area contributed by atoms with E-state index in [-0.39, 0.29) is 11.5 Å². The van der Waals surface area contributed by atoms with E-state index in [0.717, 1.165) is 32.4 Å². The van der Waals surface area contributed by atoms with Crippen LogP contribution in [-0.4, -0.2) is 44.1 Å². The Hall–Kier alpha value is -2.19. The second kappa shape index (κ2) is 8.05. The maximum atomic E-state index is 13.3. The molecule has 4 heterocycles. The van der Waals surface area contributed by atoms with E-state index in [1.165, 1.54) is 22.6 Å². The zero-order valence-electron chi connectivity index (χ0n) is 15.8. The van der Waals surface area contributed by atoms with E-state index in [1.807, 2.05) is 19.1 Å². The first-order valence-corrected chi connectivity index (χ1v) is 10.8. The highest BCUT2D eigenvalue weighted by Gasteiger charge is 2.32. The first-order valence-electron chi connectivity index (χ1n) is 9.62. The van der Waals surface area contributed by atoms with Crippen LogP contribution in [0.3, 0.4) is 0 Å². The molecular weight excluding hydrogens is 392 g/mol. The number of thioether (sulfide) groups is 1. The number of hydrogen-bond donors (Lipinski definition) is 0. The summed E-state index contributed by atoms with van der Waals surface area (Å²) in [5, 5.41) is 0. The molecule has 0 bridgehead atoms. The number of nitrogens with zero attached hydrogens (tertiary/aromatic N) is 4. The van der Waals surface area contributed by atoms with Crippen molar-refractivity contribution >= 4 is 51.7 Å². The number of amides is 1. The Balaban J connectivity index is 1.85. The highest BCUT2D eigenvalue weighted by atomic mass is 32.2. The summed E-state index contributed by atoms with van der Waals surface area (Å²) in [4.78, 5) is 35.1. The Labute approximate surface area is 173 Å². The molecule has 4 rings (SSSR count). The number of fused-ring (bicyclic) bond motifs is 1. The molecule has 1 amide bonds. The van der Waals surface area contributed by atoms with Gasteiger partial charge < -0.3 is 4.90 Å². The molecule has 0 saturated carbocycles. The van der Waals surface area contributed by atoms with Crippen LogP contribution in [0.1, 0.15) is 38.2 Å². The molecule has 2 fully saturated rings. The molecule has 2 saturated heterocycles. The number of thiocarbonyl (C=S) groups is 1. The normalized spacial score (nSPS) is 19.2. The second-order valence-corrected chi connectivity index (χ2v) is 8.64. The van der Waals surface area contributed by atoms with Gasteiger partial charge in [-0.25, -0.2) is 4.98 Å². The lowest BCUT2D eigenvalue weighted by Gasteiger charge is -2.29. The van der Waals surface area contributed by atoms with Gasteiger partial charge >= 0.3 is 0 Å². The molecule has 2 aliphatic rings. The van der Waals surface area contributed by atoms with Crippen molar-refractivity contribution in [2.24, 2.45) is 0 Å².